The summed E-state index contributed by atoms with van der Waals surface area (Å²) in [5.74, 6) is 3.09. The summed E-state index contributed by atoms with van der Waals surface area (Å²) in [7, 11) is 3.35. The summed E-state index contributed by atoms with van der Waals surface area (Å²) in [5.41, 5.74) is 4.50. The number of methoxy groups -OCH3 is 2. The summed E-state index contributed by atoms with van der Waals surface area (Å²) in [6, 6.07) is 19.7. The monoisotopic (exact) mass is 376 g/mol. The summed E-state index contributed by atoms with van der Waals surface area (Å²) >= 11 is 0. The molecular formula is C24H24O4. The first-order valence-corrected chi connectivity index (χ1v) is 9.35. The zero-order chi connectivity index (χ0) is 19.7. The van der Waals surface area contributed by atoms with Gasteiger partial charge in [0.25, 0.3) is 0 Å². The third-order valence-corrected chi connectivity index (χ3v) is 5.55. The third-order valence-electron chi connectivity index (χ3n) is 5.55. The van der Waals surface area contributed by atoms with Gasteiger partial charge in [0.2, 0.25) is 0 Å². The van der Waals surface area contributed by atoms with Gasteiger partial charge in [0.1, 0.15) is 23.0 Å². The Kier molecular flexibility index (Phi) is 4.86. The Hall–Kier alpha value is -3.14. The van der Waals surface area contributed by atoms with Crippen LogP contribution in [0.1, 0.15) is 34.1 Å². The first-order valence-electron chi connectivity index (χ1n) is 9.35. The lowest BCUT2D eigenvalue weighted by atomic mass is 9.75. The van der Waals surface area contributed by atoms with Crippen molar-refractivity contribution >= 4 is 0 Å². The van der Waals surface area contributed by atoms with Crippen LogP contribution in [0.25, 0.3) is 0 Å². The van der Waals surface area contributed by atoms with Gasteiger partial charge in [0.15, 0.2) is 0 Å². The number of aromatic hydroxyl groups is 1. The highest BCUT2D eigenvalue weighted by atomic mass is 16.5. The lowest BCUT2D eigenvalue weighted by Crippen LogP contribution is -2.26. The number of ether oxygens (including phenoxy) is 3. The molecule has 4 heteroatoms. The second-order valence-corrected chi connectivity index (χ2v) is 7.07. The van der Waals surface area contributed by atoms with Crippen LogP contribution in [0.15, 0.2) is 60.7 Å². The Morgan fingerprint density at radius 2 is 1.54 bits per heavy atom. The van der Waals surface area contributed by atoms with Crippen LogP contribution >= 0.6 is 0 Å². The van der Waals surface area contributed by atoms with Crippen molar-refractivity contribution in [1.82, 2.24) is 0 Å². The normalized spacial score (nSPS) is 18.1. The van der Waals surface area contributed by atoms with Crippen molar-refractivity contribution in [3.63, 3.8) is 0 Å². The molecule has 0 saturated heterocycles. The van der Waals surface area contributed by atoms with E-state index in [9.17, 15) is 5.11 Å². The molecule has 0 aliphatic carbocycles. The molecule has 0 saturated carbocycles. The van der Waals surface area contributed by atoms with E-state index >= 15 is 0 Å². The predicted molar refractivity (Wildman–Crippen MR) is 109 cm³/mol. The van der Waals surface area contributed by atoms with Crippen molar-refractivity contribution in [1.29, 1.82) is 0 Å². The second-order valence-electron chi connectivity index (χ2n) is 7.07. The van der Waals surface area contributed by atoms with Crippen molar-refractivity contribution in [2.24, 2.45) is 0 Å². The zero-order valence-corrected chi connectivity index (χ0v) is 16.3. The van der Waals surface area contributed by atoms with E-state index < -0.39 is 0 Å². The van der Waals surface area contributed by atoms with Gasteiger partial charge in [-0.2, -0.15) is 0 Å². The smallest absolute Gasteiger partial charge is 0.129 e. The average Bonchev–Trinajstić information content (AvgIpc) is 2.74. The molecule has 1 N–H and O–H groups in total. The van der Waals surface area contributed by atoms with E-state index in [1.807, 2.05) is 37.3 Å². The Morgan fingerprint density at radius 3 is 2.18 bits per heavy atom. The van der Waals surface area contributed by atoms with Crippen LogP contribution in [0.4, 0.5) is 0 Å². The molecule has 1 aliphatic heterocycles. The lowest BCUT2D eigenvalue weighted by molar-refractivity contribution is 0.245. The van der Waals surface area contributed by atoms with E-state index in [4.69, 9.17) is 14.2 Å². The van der Waals surface area contributed by atoms with E-state index in [0.29, 0.717) is 6.61 Å². The van der Waals surface area contributed by atoms with Crippen LogP contribution < -0.4 is 14.2 Å². The largest absolute Gasteiger partial charge is 0.508 e. The number of fused-ring (bicyclic) bond motifs is 1. The molecule has 0 bridgehead atoms. The maximum Gasteiger partial charge on any atom is 0.129 e. The fraction of sp³-hybridized carbons (Fsp3) is 0.250. The van der Waals surface area contributed by atoms with Crippen molar-refractivity contribution in [3.05, 3.63) is 82.9 Å². The Labute approximate surface area is 165 Å². The topological polar surface area (TPSA) is 47.9 Å². The molecule has 3 aromatic carbocycles. The molecule has 28 heavy (non-hydrogen) atoms. The van der Waals surface area contributed by atoms with Crippen LogP contribution in [-0.2, 0) is 0 Å². The minimum Gasteiger partial charge on any atom is -0.508 e. The van der Waals surface area contributed by atoms with Crippen molar-refractivity contribution in [2.75, 3.05) is 20.8 Å². The maximum atomic E-state index is 9.69. The SMILES string of the molecule is COc1ccc([C@@H]2c3ccc(OC)c(C)c3OC[C@@H]2c2ccc(O)cc2)cc1. The number of hydrogen-bond acceptors (Lipinski definition) is 4. The van der Waals surface area contributed by atoms with E-state index in [0.717, 1.165) is 33.9 Å². The molecule has 4 nitrogen and oxygen atoms in total. The van der Waals surface area contributed by atoms with Crippen LogP contribution in [0.3, 0.4) is 0 Å². The predicted octanol–water partition coefficient (Wildman–Crippen LogP) is 5.03. The van der Waals surface area contributed by atoms with E-state index in [-0.39, 0.29) is 17.6 Å². The average molecular weight is 376 g/mol. The van der Waals surface area contributed by atoms with Crippen molar-refractivity contribution in [2.45, 2.75) is 18.8 Å². The molecule has 144 valence electrons. The molecule has 0 radical (unpaired) electrons. The number of benzene rings is 3. The van der Waals surface area contributed by atoms with Gasteiger partial charge in [-0.25, -0.2) is 0 Å². The highest BCUT2D eigenvalue weighted by Gasteiger charge is 2.34. The highest BCUT2D eigenvalue weighted by molar-refractivity contribution is 5.56. The Balaban J connectivity index is 1.85. The number of rotatable bonds is 4. The van der Waals surface area contributed by atoms with Gasteiger partial charge in [-0.1, -0.05) is 30.3 Å². The first-order chi connectivity index (χ1) is 13.6. The van der Waals surface area contributed by atoms with Crippen LogP contribution in [0.2, 0.25) is 0 Å². The van der Waals surface area contributed by atoms with E-state index in [1.54, 1.807) is 26.4 Å². The van der Waals surface area contributed by atoms with Gasteiger partial charge in [0, 0.05) is 23.0 Å². The summed E-state index contributed by atoms with van der Waals surface area (Å²) in [5, 5.41) is 9.69. The molecule has 0 amide bonds. The first kappa shape index (κ1) is 18.2. The standard InChI is InChI=1S/C24H24O4/c1-15-22(27-3)13-12-20-23(17-6-10-19(26-2)11-7-17)21(14-28-24(15)20)16-4-8-18(25)9-5-16/h4-13,21,23,25H,14H2,1-3H3/t21-,23-/m1/s1. The molecule has 0 unspecified atom stereocenters. The summed E-state index contributed by atoms with van der Waals surface area (Å²) < 4.78 is 17.0. The summed E-state index contributed by atoms with van der Waals surface area (Å²) in [4.78, 5) is 0. The van der Waals surface area contributed by atoms with E-state index in [1.165, 1.54) is 5.56 Å². The summed E-state index contributed by atoms with van der Waals surface area (Å²) in [6.45, 7) is 2.59. The molecule has 1 aliphatic rings. The van der Waals surface area contributed by atoms with Gasteiger partial charge >= 0.3 is 0 Å². The Morgan fingerprint density at radius 1 is 0.857 bits per heavy atom. The van der Waals surface area contributed by atoms with Crippen LogP contribution in [0, 0.1) is 6.92 Å². The number of phenolic OH excluding ortho intramolecular Hbond substituents is 1. The van der Waals surface area contributed by atoms with Gasteiger partial charge in [0.05, 0.1) is 20.8 Å². The second kappa shape index (κ2) is 7.47. The van der Waals surface area contributed by atoms with Gasteiger partial charge in [-0.15, -0.1) is 0 Å². The minimum atomic E-state index is 0.129. The van der Waals surface area contributed by atoms with Gasteiger partial charge in [-0.05, 0) is 48.4 Å². The summed E-state index contributed by atoms with van der Waals surface area (Å²) in [6.07, 6.45) is 0. The maximum absolute atomic E-state index is 9.69. The molecule has 2 atom stereocenters. The minimum absolute atomic E-state index is 0.129. The van der Waals surface area contributed by atoms with Gasteiger partial charge < -0.3 is 19.3 Å². The number of hydrogen-bond donors (Lipinski definition) is 1. The van der Waals surface area contributed by atoms with Crippen LogP contribution in [0.5, 0.6) is 23.0 Å². The zero-order valence-electron chi connectivity index (χ0n) is 16.3. The number of phenols is 1. The van der Waals surface area contributed by atoms with Crippen molar-refractivity contribution in [3.8, 4) is 23.0 Å². The molecule has 0 spiro atoms. The fourth-order valence-corrected chi connectivity index (χ4v) is 4.07. The Bertz CT molecular complexity index is 961. The molecule has 3 aromatic rings. The van der Waals surface area contributed by atoms with Gasteiger partial charge in [-0.3, -0.25) is 0 Å². The molecular weight excluding hydrogens is 352 g/mol. The molecule has 4 rings (SSSR count). The quantitative estimate of drug-likeness (QED) is 0.694. The lowest BCUT2D eigenvalue weighted by Gasteiger charge is -2.35. The third kappa shape index (κ3) is 3.15. The molecule has 1 heterocycles. The van der Waals surface area contributed by atoms with Crippen molar-refractivity contribution < 1.29 is 19.3 Å². The van der Waals surface area contributed by atoms with Crippen LogP contribution in [-0.4, -0.2) is 25.9 Å². The molecule has 0 aromatic heterocycles. The fourth-order valence-electron chi connectivity index (χ4n) is 4.07. The highest BCUT2D eigenvalue weighted by Crippen LogP contribution is 2.49. The van der Waals surface area contributed by atoms with E-state index in [2.05, 4.69) is 18.2 Å². The molecule has 0 fully saturated rings.